The highest BCUT2D eigenvalue weighted by Crippen LogP contribution is 2.41. The summed E-state index contributed by atoms with van der Waals surface area (Å²) in [6.45, 7) is 4.62. The maximum absolute atomic E-state index is 3.54. The number of hydrogen-bond acceptors (Lipinski definition) is 2. The van der Waals surface area contributed by atoms with Crippen LogP contribution in [0.5, 0.6) is 0 Å². The highest BCUT2D eigenvalue weighted by molar-refractivity contribution is 5.36. The van der Waals surface area contributed by atoms with E-state index in [9.17, 15) is 0 Å². The lowest BCUT2D eigenvalue weighted by Gasteiger charge is -2.42. The van der Waals surface area contributed by atoms with E-state index in [-0.39, 0.29) is 5.54 Å². The lowest BCUT2D eigenvalue weighted by atomic mass is 9.75. The van der Waals surface area contributed by atoms with E-state index < -0.39 is 0 Å². The minimum absolute atomic E-state index is 0.0919. The van der Waals surface area contributed by atoms with E-state index in [0.29, 0.717) is 6.04 Å². The number of nitrogens with one attached hydrogen (secondary N) is 1. The lowest BCUT2D eigenvalue weighted by molar-refractivity contribution is 0.141. The summed E-state index contributed by atoms with van der Waals surface area (Å²) in [5.41, 5.74) is 3.13. The maximum Gasteiger partial charge on any atom is 0.0501 e. The molecule has 0 spiro atoms. The molecule has 0 heterocycles. The van der Waals surface area contributed by atoms with Gasteiger partial charge in [0.1, 0.15) is 0 Å². The third-order valence-electron chi connectivity index (χ3n) is 5.00. The molecule has 1 aliphatic carbocycles. The van der Waals surface area contributed by atoms with Crippen LogP contribution in [0.3, 0.4) is 0 Å². The van der Waals surface area contributed by atoms with Gasteiger partial charge in [0.05, 0.1) is 6.04 Å². The van der Waals surface area contributed by atoms with Gasteiger partial charge in [0.25, 0.3) is 0 Å². The van der Waals surface area contributed by atoms with Crippen molar-refractivity contribution in [2.75, 3.05) is 21.1 Å². The molecule has 0 saturated heterocycles. The van der Waals surface area contributed by atoms with E-state index in [0.717, 1.165) is 5.92 Å². The zero-order valence-electron chi connectivity index (χ0n) is 13.0. The van der Waals surface area contributed by atoms with Crippen LogP contribution < -0.4 is 5.32 Å². The summed E-state index contributed by atoms with van der Waals surface area (Å²) in [6, 6.07) is 9.36. The Morgan fingerprint density at radius 1 is 1.21 bits per heavy atom. The fourth-order valence-corrected chi connectivity index (χ4v) is 3.01. The van der Waals surface area contributed by atoms with Gasteiger partial charge < -0.3 is 10.2 Å². The van der Waals surface area contributed by atoms with E-state index in [1.54, 1.807) is 5.56 Å². The van der Waals surface area contributed by atoms with Gasteiger partial charge in [0.2, 0.25) is 0 Å². The van der Waals surface area contributed by atoms with Gasteiger partial charge in [0, 0.05) is 5.54 Å². The Labute approximate surface area is 118 Å². The highest BCUT2D eigenvalue weighted by atomic mass is 15.2. The zero-order valence-corrected chi connectivity index (χ0v) is 13.0. The van der Waals surface area contributed by atoms with Crippen molar-refractivity contribution < 1.29 is 0 Å². The Balaban J connectivity index is 2.38. The molecule has 0 aliphatic heterocycles. The standard InChI is InChI=1S/C17H28N2/c1-17(2,19(4)5)16(18-3)15-12-7-6-11-14(15)13-9-8-10-13/h6-7,11-13,16,18H,8-10H2,1-5H3. The molecule has 1 aromatic rings. The first kappa shape index (κ1) is 14.5. The average Bonchev–Trinajstić information content (AvgIpc) is 2.29. The molecule has 1 atom stereocenters. The molecule has 0 radical (unpaired) electrons. The van der Waals surface area contributed by atoms with Gasteiger partial charge in [-0.1, -0.05) is 30.7 Å². The van der Waals surface area contributed by atoms with Crippen molar-refractivity contribution in [3.05, 3.63) is 35.4 Å². The molecule has 106 valence electrons. The maximum atomic E-state index is 3.54. The van der Waals surface area contributed by atoms with E-state index in [1.165, 1.54) is 24.8 Å². The third kappa shape index (κ3) is 2.70. The van der Waals surface area contributed by atoms with Crippen LogP contribution in [0, 0.1) is 0 Å². The van der Waals surface area contributed by atoms with Crippen molar-refractivity contribution in [1.82, 2.24) is 10.2 Å². The minimum Gasteiger partial charge on any atom is -0.311 e. The second-order valence-electron chi connectivity index (χ2n) is 6.53. The van der Waals surface area contributed by atoms with Gasteiger partial charge >= 0.3 is 0 Å². The molecule has 1 aliphatic rings. The van der Waals surface area contributed by atoms with E-state index >= 15 is 0 Å². The highest BCUT2D eigenvalue weighted by Gasteiger charge is 2.34. The van der Waals surface area contributed by atoms with Gasteiger partial charge in [-0.05, 0) is 64.9 Å². The van der Waals surface area contributed by atoms with Gasteiger partial charge in [0.15, 0.2) is 0 Å². The monoisotopic (exact) mass is 260 g/mol. The van der Waals surface area contributed by atoms with E-state index in [2.05, 4.69) is 69.5 Å². The molecule has 0 bridgehead atoms. The number of benzene rings is 1. The van der Waals surface area contributed by atoms with Crippen molar-refractivity contribution >= 4 is 0 Å². The quantitative estimate of drug-likeness (QED) is 0.871. The molecule has 1 saturated carbocycles. The molecular formula is C17H28N2. The lowest BCUT2D eigenvalue weighted by Crippen LogP contribution is -2.48. The van der Waals surface area contributed by atoms with Crippen LogP contribution in [0.15, 0.2) is 24.3 Å². The van der Waals surface area contributed by atoms with Crippen molar-refractivity contribution in [2.24, 2.45) is 0 Å². The Morgan fingerprint density at radius 2 is 1.84 bits per heavy atom. The predicted octanol–water partition coefficient (Wildman–Crippen LogP) is 3.55. The largest absolute Gasteiger partial charge is 0.311 e. The van der Waals surface area contributed by atoms with Gasteiger partial charge in [-0.15, -0.1) is 0 Å². The zero-order chi connectivity index (χ0) is 14.0. The van der Waals surface area contributed by atoms with E-state index in [1.807, 2.05) is 0 Å². The van der Waals surface area contributed by atoms with Gasteiger partial charge in [-0.3, -0.25) is 0 Å². The summed E-state index contributed by atoms with van der Waals surface area (Å²) in [6.07, 6.45) is 4.10. The Hall–Kier alpha value is -0.860. The normalized spacial score (nSPS) is 18.4. The molecule has 2 nitrogen and oxygen atoms in total. The fraction of sp³-hybridized carbons (Fsp3) is 0.647. The fourth-order valence-electron chi connectivity index (χ4n) is 3.01. The smallest absolute Gasteiger partial charge is 0.0501 e. The van der Waals surface area contributed by atoms with Gasteiger partial charge in [-0.2, -0.15) is 0 Å². The van der Waals surface area contributed by atoms with Crippen molar-refractivity contribution in [2.45, 2.75) is 50.6 Å². The van der Waals surface area contributed by atoms with Crippen LogP contribution in [-0.2, 0) is 0 Å². The van der Waals surface area contributed by atoms with Crippen LogP contribution >= 0.6 is 0 Å². The van der Waals surface area contributed by atoms with Crippen LogP contribution in [0.25, 0.3) is 0 Å². The summed E-state index contributed by atoms with van der Waals surface area (Å²) in [4.78, 5) is 2.31. The van der Waals surface area contributed by atoms with Crippen LogP contribution in [0.2, 0.25) is 0 Å². The minimum atomic E-state index is 0.0919. The van der Waals surface area contributed by atoms with Crippen LogP contribution in [0.1, 0.15) is 56.2 Å². The summed E-state index contributed by atoms with van der Waals surface area (Å²) in [5.74, 6) is 0.782. The molecule has 2 rings (SSSR count). The summed E-state index contributed by atoms with van der Waals surface area (Å²) >= 11 is 0. The second-order valence-corrected chi connectivity index (χ2v) is 6.53. The first-order chi connectivity index (χ1) is 8.98. The predicted molar refractivity (Wildman–Crippen MR) is 82.6 cm³/mol. The number of likely N-dealkylation sites (N-methyl/N-ethyl adjacent to an activating group) is 2. The topological polar surface area (TPSA) is 15.3 Å². The summed E-state index contributed by atoms with van der Waals surface area (Å²) in [7, 11) is 6.40. The van der Waals surface area contributed by atoms with Gasteiger partial charge in [-0.25, -0.2) is 0 Å². The molecule has 19 heavy (non-hydrogen) atoms. The second kappa shape index (κ2) is 5.64. The summed E-state index contributed by atoms with van der Waals surface area (Å²) < 4.78 is 0. The molecule has 1 N–H and O–H groups in total. The Morgan fingerprint density at radius 3 is 2.32 bits per heavy atom. The third-order valence-corrected chi connectivity index (χ3v) is 5.00. The van der Waals surface area contributed by atoms with Crippen molar-refractivity contribution in [1.29, 1.82) is 0 Å². The van der Waals surface area contributed by atoms with Crippen LogP contribution in [-0.4, -0.2) is 31.6 Å². The van der Waals surface area contributed by atoms with E-state index in [4.69, 9.17) is 0 Å². The molecule has 1 fully saturated rings. The first-order valence-corrected chi connectivity index (χ1v) is 7.42. The molecular weight excluding hydrogens is 232 g/mol. The Bertz CT molecular complexity index is 419. The number of hydrogen-bond donors (Lipinski definition) is 1. The van der Waals surface area contributed by atoms with Crippen molar-refractivity contribution in [3.63, 3.8) is 0 Å². The average molecular weight is 260 g/mol. The number of rotatable bonds is 5. The molecule has 1 aromatic carbocycles. The number of nitrogens with zero attached hydrogens (tertiary/aromatic N) is 1. The molecule has 1 unspecified atom stereocenters. The summed E-state index contributed by atoms with van der Waals surface area (Å²) in [5, 5.41) is 3.54. The molecule has 0 amide bonds. The molecule has 0 aromatic heterocycles. The Kier molecular flexibility index (Phi) is 4.32. The van der Waals surface area contributed by atoms with Crippen LogP contribution in [0.4, 0.5) is 0 Å². The SMILES string of the molecule is CNC(c1ccccc1C1CCC1)C(C)(C)N(C)C. The first-order valence-electron chi connectivity index (χ1n) is 7.42. The molecule has 2 heteroatoms. The van der Waals surface area contributed by atoms with Crippen molar-refractivity contribution in [3.8, 4) is 0 Å².